The van der Waals surface area contributed by atoms with Crippen LogP contribution in [0, 0.1) is 20.2 Å². The van der Waals surface area contributed by atoms with E-state index in [2.05, 4.69) is 10.5 Å². The highest BCUT2D eigenvalue weighted by Gasteiger charge is 2.15. The average Bonchev–Trinajstić information content (AvgIpc) is 3.46. The zero-order chi connectivity index (χ0) is 26.9. The molecule has 2 heterocycles. The van der Waals surface area contributed by atoms with Crippen LogP contribution in [0.25, 0.3) is 43.6 Å². The third kappa shape index (κ3) is 4.69. The number of nitrogens with one attached hydrogen (secondary N) is 1. The predicted molar refractivity (Wildman–Crippen MR) is 149 cm³/mol. The molecule has 0 saturated carbocycles. The number of rotatable bonds is 6. The Balaban J connectivity index is 1.47. The Morgan fingerprint density at radius 3 is 2.23 bits per heavy atom. The maximum Gasteiger partial charge on any atom is 0.269 e. The summed E-state index contributed by atoms with van der Waals surface area (Å²) in [5.41, 5.74) is 6.41. The molecule has 0 bridgehead atoms. The molecule has 11 heteroatoms. The number of benzene rings is 4. The van der Waals surface area contributed by atoms with E-state index in [0.29, 0.717) is 27.5 Å². The molecule has 10 nitrogen and oxygen atoms in total. The first-order valence-corrected chi connectivity index (χ1v) is 12.5. The summed E-state index contributed by atoms with van der Waals surface area (Å²) >= 11 is 1.40. The number of fused-ring (bicyclic) bond motifs is 3. The smallest absolute Gasteiger partial charge is 0.269 e. The summed E-state index contributed by atoms with van der Waals surface area (Å²) in [6.45, 7) is 0. The zero-order valence-electron chi connectivity index (χ0n) is 20.0. The van der Waals surface area contributed by atoms with Crippen LogP contribution in [0.4, 0.5) is 17.1 Å². The monoisotopic (exact) mass is 535 g/mol. The fourth-order valence-electron chi connectivity index (χ4n) is 4.17. The van der Waals surface area contributed by atoms with E-state index in [0.717, 1.165) is 21.7 Å². The van der Waals surface area contributed by atoms with Crippen molar-refractivity contribution < 1.29 is 14.3 Å². The van der Waals surface area contributed by atoms with Crippen molar-refractivity contribution >= 4 is 50.1 Å². The Morgan fingerprint density at radius 2 is 1.51 bits per heavy atom. The van der Waals surface area contributed by atoms with Crippen molar-refractivity contribution in [3.8, 4) is 21.8 Å². The van der Waals surface area contributed by atoms with Gasteiger partial charge < -0.3 is 4.42 Å². The number of anilines is 1. The quantitative estimate of drug-likeness (QED) is 0.136. The number of hydrogen-bond donors (Lipinski definition) is 1. The third-order valence-electron chi connectivity index (χ3n) is 6.13. The lowest BCUT2D eigenvalue weighted by Gasteiger charge is -2.07. The molecular weight excluding hydrogens is 518 g/mol. The van der Waals surface area contributed by atoms with Gasteiger partial charge in [0, 0.05) is 40.6 Å². The molecule has 0 aliphatic carbocycles. The molecular formula is C28H17N5O5S. The minimum Gasteiger partial charge on any atom is -0.436 e. The van der Waals surface area contributed by atoms with Gasteiger partial charge in [-0.05, 0) is 47.2 Å². The van der Waals surface area contributed by atoms with Crippen molar-refractivity contribution in [3.63, 3.8) is 0 Å². The van der Waals surface area contributed by atoms with Crippen molar-refractivity contribution in [2.45, 2.75) is 0 Å². The maximum absolute atomic E-state index is 11.0. The summed E-state index contributed by atoms with van der Waals surface area (Å²) < 4.78 is 6.25. The van der Waals surface area contributed by atoms with E-state index in [-0.39, 0.29) is 16.9 Å². The standard InChI is InChI=1S/C28H17N5O5S/c34-32(35)20-10-5-18(6-11-20)25-16-39-28(29-25)24-15-23-22-4-2-1-3-17(22)7-14-26(23)38-27(24)31-30-19-8-12-21(13-9-19)33(36)37/h1-16,30H. The van der Waals surface area contributed by atoms with E-state index in [9.17, 15) is 20.2 Å². The van der Waals surface area contributed by atoms with Crippen molar-refractivity contribution in [1.82, 2.24) is 4.98 Å². The Kier molecular flexibility index (Phi) is 6.02. The molecule has 0 aliphatic rings. The molecule has 0 aliphatic heterocycles. The van der Waals surface area contributed by atoms with Gasteiger partial charge >= 0.3 is 0 Å². The van der Waals surface area contributed by atoms with Gasteiger partial charge in [0.15, 0.2) is 0 Å². The van der Waals surface area contributed by atoms with Gasteiger partial charge in [0.1, 0.15) is 10.6 Å². The molecule has 190 valence electrons. The lowest BCUT2D eigenvalue weighted by atomic mass is 10.0. The first-order chi connectivity index (χ1) is 19.0. The van der Waals surface area contributed by atoms with Crippen LogP contribution in [0.15, 0.2) is 106 Å². The molecule has 4 aromatic carbocycles. The molecule has 0 amide bonds. The van der Waals surface area contributed by atoms with Crippen molar-refractivity contribution in [3.05, 3.63) is 122 Å². The second-order valence-electron chi connectivity index (χ2n) is 8.53. The van der Waals surface area contributed by atoms with Crippen LogP contribution in [-0.2, 0) is 0 Å². The van der Waals surface area contributed by atoms with Gasteiger partial charge in [0.25, 0.3) is 11.4 Å². The fraction of sp³-hybridized carbons (Fsp3) is 0. The molecule has 2 aromatic heterocycles. The second kappa shape index (κ2) is 9.80. The number of thiazole rings is 1. The summed E-state index contributed by atoms with van der Waals surface area (Å²) in [6, 6.07) is 25.9. The van der Waals surface area contributed by atoms with Gasteiger partial charge in [-0.3, -0.25) is 25.7 Å². The summed E-state index contributed by atoms with van der Waals surface area (Å²) in [7, 11) is 0. The summed E-state index contributed by atoms with van der Waals surface area (Å²) in [6.07, 6.45) is 0. The van der Waals surface area contributed by atoms with E-state index in [1.165, 1.54) is 35.6 Å². The van der Waals surface area contributed by atoms with Gasteiger partial charge in [-0.25, -0.2) is 4.98 Å². The van der Waals surface area contributed by atoms with Gasteiger partial charge in [-0.15, -0.1) is 16.4 Å². The van der Waals surface area contributed by atoms with Gasteiger partial charge in [0.05, 0.1) is 26.8 Å². The van der Waals surface area contributed by atoms with Crippen LogP contribution < -0.4 is 11.0 Å². The van der Waals surface area contributed by atoms with Crippen LogP contribution in [0.2, 0.25) is 0 Å². The first-order valence-electron chi connectivity index (χ1n) is 11.7. The maximum atomic E-state index is 11.0. The number of aromatic nitrogens is 1. The summed E-state index contributed by atoms with van der Waals surface area (Å²) in [5, 5.41) is 32.0. The van der Waals surface area contributed by atoms with E-state index >= 15 is 0 Å². The van der Waals surface area contributed by atoms with Crippen LogP contribution in [0.3, 0.4) is 0 Å². The van der Waals surface area contributed by atoms with Crippen LogP contribution >= 0.6 is 11.3 Å². The van der Waals surface area contributed by atoms with Gasteiger partial charge in [-0.2, -0.15) is 0 Å². The first kappa shape index (κ1) is 23.9. The molecule has 0 unspecified atom stereocenters. The fourth-order valence-corrected chi connectivity index (χ4v) is 5.01. The molecule has 1 N–H and O–H groups in total. The lowest BCUT2D eigenvalue weighted by Crippen LogP contribution is -2.09. The highest BCUT2D eigenvalue weighted by molar-refractivity contribution is 7.13. The molecule has 0 radical (unpaired) electrons. The topological polar surface area (TPSA) is 137 Å². The van der Waals surface area contributed by atoms with E-state index in [1.807, 2.05) is 47.8 Å². The number of nitro groups is 2. The number of hydrogen-bond acceptors (Lipinski definition) is 9. The Labute approximate surface area is 223 Å². The van der Waals surface area contributed by atoms with Crippen LogP contribution in [0.5, 0.6) is 0 Å². The number of non-ortho nitro benzene ring substituents is 2. The SMILES string of the molecule is O=[N+]([O-])c1ccc(NN=c2oc3ccc4ccccc4c3cc2-c2nc(-c3ccc([N+](=O)[O-])cc3)cs2)cc1. The Hall–Kier alpha value is -5.42. The van der Waals surface area contributed by atoms with Crippen molar-refractivity contribution in [1.29, 1.82) is 0 Å². The summed E-state index contributed by atoms with van der Waals surface area (Å²) in [5.74, 6) is 0. The van der Waals surface area contributed by atoms with E-state index < -0.39 is 9.85 Å². The molecule has 39 heavy (non-hydrogen) atoms. The Morgan fingerprint density at radius 1 is 0.821 bits per heavy atom. The normalized spacial score (nSPS) is 11.6. The minimum absolute atomic E-state index is 0.00724. The lowest BCUT2D eigenvalue weighted by molar-refractivity contribution is -0.385. The van der Waals surface area contributed by atoms with Crippen LogP contribution in [0.1, 0.15) is 0 Å². The van der Waals surface area contributed by atoms with Gasteiger partial charge in [0.2, 0.25) is 5.55 Å². The third-order valence-corrected chi connectivity index (χ3v) is 7.01. The van der Waals surface area contributed by atoms with Crippen molar-refractivity contribution in [2.75, 3.05) is 5.43 Å². The molecule has 0 saturated heterocycles. The van der Waals surface area contributed by atoms with E-state index in [4.69, 9.17) is 9.40 Å². The van der Waals surface area contributed by atoms with Crippen LogP contribution in [-0.4, -0.2) is 14.8 Å². The summed E-state index contributed by atoms with van der Waals surface area (Å²) in [4.78, 5) is 25.9. The zero-order valence-corrected chi connectivity index (χ0v) is 20.8. The predicted octanol–water partition coefficient (Wildman–Crippen LogP) is 7.12. The molecule has 0 spiro atoms. The highest BCUT2D eigenvalue weighted by atomic mass is 32.1. The molecule has 0 fully saturated rings. The largest absolute Gasteiger partial charge is 0.436 e. The van der Waals surface area contributed by atoms with Gasteiger partial charge in [-0.1, -0.05) is 30.3 Å². The average molecular weight is 536 g/mol. The van der Waals surface area contributed by atoms with E-state index in [1.54, 1.807) is 24.3 Å². The molecule has 0 atom stereocenters. The second-order valence-corrected chi connectivity index (χ2v) is 9.39. The number of nitro benzene ring substituents is 2. The molecule has 6 rings (SSSR count). The van der Waals surface area contributed by atoms with Crippen molar-refractivity contribution in [2.24, 2.45) is 5.10 Å². The number of nitrogens with zero attached hydrogens (tertiary/aromatic N) is 4. The minimum atomic E-state index is -0.465. The highest BCUT2D eigenvalue weighted by Crippen LogP contribution is 2.32. The Bertz CT molecular complexity index is 1950. The molecule has 6 aromatic rings.